The van der Waals surface area contributed by atoms with Crippen LogP contribution in [0.25, 0.3) is 5.65 Å². The summed E-state index contributed by atoms with van der Waals surface area (Å²) in [6.07, 6.45) is 0.196. The zero-order valence-corrected chi connectivity index (χ0v) is 24.9. The summed E-state index contributed by atoms with van der Waals surface area (Å²) in [5.74, 6) is -3.64. The van der Waals surface area contributed by atoms with Gasteiger partial charge in [0, 0.05) is 24.2 Å². The van der Waals surface area contributed by atoms with Crippen LogP contribution in [0.4, 0.5) is 22.0 Å². The van der Waals surface area contributed by atoms with Crippen LogP contribution in [0.3, 0.4) is 0 Å². The van der Waals surface area contributed by atoms with Crippen LogP contribution in [-0.4, -0.2) is 56.9 Å². The molecule has 2 aliphatic carbocycles. The number of aryl methyl sites for hydroxylation is 1. The Morgan fingerprint density at radius 3 is 2.42 bits per heavy atom. The molecule has 3 aromatic rings. The van der Waals surface area contributed by atoms with Crippen LogP contribution in [0, 0.1) is 11.8 Å². The van der Waals surface area contributed by atoms with Gasteiger partial charge in [-0.3, -0.25) is 4.79 Å². The van der Waals surface area contributed by atoms with Crippen molar-refractivity contribution in [1.29, 1.82) is 0 Å². The van der Waals surface area contributed by atoms with E-state index in [1.807, 2.05) is 26.8 Å². The monoisotopic (exact) mass is 630 g/mol. The Labute approximate surface area is 248 Å². The number of carbonyl (C=O) groups is 1. The van der Waals surface area contributed by atoms with Gasteiger partial charge >= 0.3 is 6.18 Å². The largest absolute Gasteiger partial charge is 0.598 e. The maximum absolute atomic E-state index is 14.0. The summed E-state index contributed by atoms with van der Waals surface area (Å²) in [6, 6.07) is 0.819. The lowest BCUT2D eigenvalue weighted by Gasteiger charge is -2.33. The number of nitrogens with one attached hydrogen (secondary N) is 2. The number of alkyl halides is 5. The van der Waals surface area contributed by atoms with Crippen molar-refractivity contribution < 1.29 is 31.3 Å². The van der Waals surface area contributed by atoms with E-state index >= 15 is 0 Å². The Morgan fingerprint density at radius 1 is 1.12 bits per heavy atom. The van der Waals surface area contributed by atoms with Crippen LogP contribution < -0.4 is 10.0 Å². The second-order valence-electron chi connectivity index (χ2n) is 12.4. The molecule has 0 bridgehead atoms. The zero-order valence-electron chi connectivity index (χ0n) is 24.1. The minimum atomic E-state index is -4.45. The number of halogens is 5. The molecule has 5 rings (SSSR count). The van der Waals surface area contributed by atoms with Crippen molar-refractivity contribution in [1.82, 2.24) is 39.6 Å². The highest BCUT2D eigenvalue weighted by atomic mass is 32.2. The molecule has 2 aliphatic rings. The molecule has 3 heterocycles. The first-order valence-corrected chi connectivity index (χ1v) is 15.4. The quantitative estimate of drug-likeness (QED) is 0.237. The molecule has 2 N–H and O–H groups in total. The van der Waals surface area contributed by atoms with Crippen LogP contribution >= 0.6 is 0 Å². The van der Waals surface area contributed by atoms with Crippen molar-refractivity contribution in [3.05, 3.63) is 41.6 Å². The van der Waals surface area contributed by atoms with E-state index in [4.69, 9.17) is 4.98 Å². The normalized spacial score (nSPS) is 20.2. The second kappa shape index (κ2) is 11.9. The number of fused-ring (bicyclic) bond motifs is 1. The van der Waals surface area contributed by atoms with Crippen molar-refractivity contribution >= 4 is 22.9 Å². The topological polar surface area (TPSA) is 125 Å². The fourth-order valence-corrected chi connectivity index (χ4v) is 6.18. The van der Waals surface area contributed by atoms with Gasteiger partial charge in [-0.2, -0.15) is 18.3 Å². The van der Waals surface area contributed by atoms with Gasteiger partial charge in [-0.05, 0) is 69.9 Å². The Balaban J connectivity index is 1.42. The Hall–Kier alpha value is -2.85. The van der Waals surface area contributed by atoms with Crippen molar-refractivity contribution in [3.8, 4) is 0 Å². The average molecular weight is 631 g/mol. The highest BCUT2D eigenvalue weighted by Crippen LogP contribution is 2.43. The van der Waals surface area contributed by atoms with E-state index in [0.29, 0.717) is 17.3 Å². The lowest BCUT2D eigenvalue weighted by molar-refractivity contribution is -0.137. The Bertz CT molecular complexity index is 1420. The number of carbonyl (C=O) groups excluding carboxylic acids is 1. The van der Waals surface area contributed by atoms with Gasteiger partial charge in [-0.25, -0.2) is 23.0 Å². The number of hydrogen-bond donors (Lipinski definition) is 2. The third kappa shape index (κ3) is 7.81. The highest BCUT2D eigenvalue weighted by molar-refractivity contribution is 7.90. The standard InChI is InChI=1S/C27H35F5N8O2S/c1-25(2,3)43(42)37-22(16-4-5-16)18-12-21-35-19(15-40(21)34-13-18)23(17-6-8-26(28,29)9-7-17)36-24(41)20-14-33-38-39(20)11-10-27(30,31)32/h12-17,22-23,37H,4-11H2,1-3H3,(H,36,41)/t22?,23-,43-/m0/s1. The molecule has 2 saturated carbocycles. The molecule has 1 amide bonds. The third-order valence-electron chi connectivity index (χ3n) is 7.90. The molecular weight excluding hydrogens is 595 g/mol. The minimum Gasteiger partial charge on any atom is -0.598 e. The van der Waals surface area contributed by atoms with Gasteiger partial charge < -0.3 is 9.87 Å². The van der Waals surface area contributed by atoms with Crippen molar-refractivity contribution in [3.63, 3.8) is 0 Å². The number of rotatable bonds is 10. The Kier molecular flexibility index (Phi) is 8.75. The molecule has 3 atom stereocenters. The van der Waals surface area contributed by atoms with E-state index in [0.717, 1.165) is 29.3 Å². The first-order chi connectivity index (χ1) is 20.1. The van der Waals surface area contributed by atoms with Gasteiger partial charge in [0.2, 0.25) is 5.92 Å². The van der Waals surface area contributed by atoms with Crippen LogP contribution in [0.1, 0.15) is 99.5 Å². The lowest BCUT2D eigenvalue weighted by atomic mass is 9.81. The molecule has 16 heteroatoms. The lowest BCUT2D eigenvalue weighted by Crippen LogP contribution is -2.41. The number of hydrogen-bond acceptors (Lipinski definition) is 7. The molecular formula is C27H35F5N8O2S. The van der Waals surface area contributed by atoms with E-state index in [9.17, 15) is 31.3 Å². The highest BCUT2D eigenvalue weighted by Gasteiger charge is 2.41. The van der Waals surface area contributed by atoms with E-state index in [2.05, 4.69) is 25.4 Å². The SMILES string of the molecule is CC(C)(C)[S@+]([O-])NC(c1cnn2cc([C@@H](NC(=O)c3cnnn3CCC(F)(F)F)C3CCC(F)(F)CC3)nc2c1)C1CC1. The molecule has 2 fully saturated rings. The number of aromatic nitrogens is 6. The molecule has 0 saturated heterocycles. The molecule has 236 valence electrons. The zero-order chi connectivity index (χ0) is 31.2. The maximum atomic E-state index is 14.0. The first-order valence-electron chi connectivity index (χ1n) is 14.3. The fraction of sp³-hybridized carbons (Fsp3) is 0.667. The summed E-state index contributed by atoms with van der Waals surface area (Å²) in [4.78, 5) is 18.0. The minimum absolute atomic E-state index is 0.113. The molecule has 0 spiro atoms. The van der Waals surface area contributed by atoms with Gasteiger partial charge in [0.15, 0.2) is 5.65 Å². The summed E-state index contributed by atoms with van der Waals surface area (Å²) in [5, 5.41) is 14.5. The second-order valence-corrected chi connectivity index (χ2v) is 14.4. The summed E-state index contributed by atoms with van der Waals surface area (Å²) in [7, 11) is 0. The van der Waals surface area contributed by atoms with Crippen LogP contribution in [0.2, 0.25) is 0 Å². The van der Waals surface area contributed by atoms with Gasteiger partial charge in [0.25, 0.3) is 5.91 Å². The summed E-state index contributed by atoms with van der Waals surface area (Å²) >= 11 is -1.31. The molecule has 43 heavy (non-hydrogen) atoms. The summed E-state index contributed by atoms with van der Waals surface area (Å²) in [6.45, 7) is 5.07. The van der Waals surface area contributed by atoms with Crippen molar-refractivity contribution in [2.45, 2.75) is 101 Å². The fourth-order valence-electron chi connectivity index (χ4n) is 5.26. The average Bonchev–Trinajstić information content (AvgIpc) is 3.48. The first kappa shape index (κ1) is 31.6. The van der Waals surface area contributed by atoms with Crippen molar-refractivity contribution in [2.24, 2.45) is 11.8 Å². The summed E-state index contributed by atoms with van der Waals surface area (Å²) < 4.78 is 84.5. The van der Waals surface area contributed by atoms with Crippen molar-refractivity contribution in [2.75, 3.05) is 0 Å². The molecule has 10 nitrogen and oxygen atoms in total. The third-order valence-corrected chi connectivity index (χ3v) is 9.48. The number of amides is 1. The van der Waals surface area contributed by atoms with E-state index in [1.54, 1.807) is 12.4 Å². The van der Waals surface area contributed by atoms with E-state index < -0.39 is 59.0 Å². The molecule has 0 aromatic carbocycles. The van der Waals surface area contributed by atoms with Gasteiger partial charge in [-0.1, -0.05) is 5.21 Å². The van der Waals surface area contributed by atoms with E-state index in [-0.39, 0.29) is 37.4 Å². The van der Waals surface area contributed by atoms with E-state index in [1.165, 1.54) is 4.52 Å². The predicted molar refractivity (Wildman–Crippen MR) is 147 cm³/mol. The van der Waals surface area contributed by atoms with Crippen LogP contribution in [0.5, 0.6) is 0 Å². The Morgan fingerprint density at radius 2 is 1.79 bits per heavy atom. The smallest absolute Gasteiger partial charge is 0.390 e. The van der Waals surface area contributed by atoms with Crippen LogP contribution in [-0.2, 0) is 17.9 Å². The van der Waals surface area contributed by atoms with Gasteiger partial charge in [0.1, 0.15) is 10.4 Å². The maximum Gasteiger partial charge on any atom is 0.390 e. The van der Waals surface area contributed by atoms with Crippen LogP contribution in [0.15, 0.2) is 24.7 Å². The molecule has 1 unspecified atom stereocenters. The molecule has 3 aromatic heterocycles. The summed E-state index contributed by atoms with van der Waals surface area (Å²) in [5.41, 5.74) is 1.47. The predicted octanol–water partition coefficient (Wildman–Crippen LogP) is 5.07. The number of imidazole rings is 1. The molecule has 0 radical (unpaired) electrons. The van der Waals surface area contributed by atoms with Gasteiger partial charge in [-0.15, -0.1) is 9.82 Å². The number of nitrogens with zero attached hydrogens (tertiary/aromatic N) is 6. The van der Waals surface area contributed by atoms with Gasteiger partial charge in [0.05, 0.1) is 49.3 Å². The molecule has 0 aliphatic heterocycles.